The van der Waals surface area contributed by atoms with E-state index < -0.39 is 15.8 Å². The van der Waals surface area contributed by atoms with Crippen molar-refractivity contribution in [3.05, 3.63) is 65.4 Å². The maximum absolute atomic E-state index is 12.0. The summed E-state index contributed by atoms with van der Waals surface area (Å²) in [5, 5.41) is 6.15. The number of nitrogens with one attached hydrogen (secondary N) is 4. The van der Waals surface area contributed by atoms with Crippen LogP contribution in [-0.2, 0) is 10.0 Å². The molecule has 0 aliphatic rings. The van der Waals surface area contributed by atoms with Crippen LogP contribution in [0.15, 0.2) is 69.0 Å². The van der Waals surface area contributed by atoms with Gasteiger partial charge in [-0.2, -0.15) is 0 Å². The van der Waals surface area contributed by atoms with Crippen LogP contribution in [0.5, 0.6) is 0 Å². The molecule has 0 saturated heterocycles. The van der Waals surface area contributed by atoms with Gasteiger partial charge in [0.1, 0.15) is 18.0 Å². The highest BCUT2D eigenvalue weighted by Crippen LogP contribution is 2.23. The maximum Gasteiger partial charge on any atom is 0.417 e. The van der Waals surface area contributed by atoms with Crippen molar-refractivity contribution in [2.75, 3.05) is 17.7 Å². The molecule has 0 radical (unpaired) electrons. The van der Waals surface area contributed by atoms with Crippen molar-refractivity contribution in [2.45, 2.75) is 4.90 Å². The molecule has 0 unspecified atom stereocenters. The second-order valence-corrected chi connectivity index (χ2v) is 7.89. The summed E-state index contributed by atoms with van der Waals surface area (Å²) in [7, 11) is -2.19. The van der Waals surface area contributed by atoms with E-state index in [4.69, 9.17) is 4.42 Å². The van der Waals surface area contributed by atoms with Gasteiger partial charge in [0.05, 0.1) is 10.4 Å². The highest BCUT2D eigenvalue weighted by atomic mass is 32.2. The van der Waals surface area contributed by atoms with Crippen LogP contribution in [0, 0.1) is 0 Å². The van der Waals surface area contributed by atoms with Gasteiger partial charge in [-0.05, 0) is 37.4 Å². The number of hydrogen-bond donors (Lipinski definition) is 4. The van der Waals surface area contributed by atoms with Crippen LogP contribution in [0.25, 0.3) is 11.1 Å². The Balaban J connectivity index is 1.55. The number of hydrogen-bond acceptors (Lipinski definition) is 8. The van der Waals surface area contributed by atoms with Crippen molar-refractivity contribution in [3.63, 3.8) is 0 Å². The number of H-pyrrole nitrogens is 1. The summed E-state index contributed by atoms with van der Waals surface area (Å²) >= 11 is 0. The molecule has 0 fully saturated rings. The van der Waals surface area contributed by atoms with Crippen LogP contribution in [0.3, 0.4) is 0 Å². The first-order chi connectivity index (χ1) is 13.9. The lowest BCUT2D eigenvalue weighted by Crippen LogP contribution is -2.18. The van der Waals surface area contributed by atoms with Crippen LogP contribution in [-0.4, -0.2) is 30.4 Å². The van der Waals surface area contributed by atoms with E-state index in [1.54, 1.807) is 36.4 Å². The lowest BCUT2D eigenvalue weighted by atomic mass is 10.3. The average molecular weight is 412 g/mol. The number of benzene rings is 2. The number of anilines is 4. The van der Waals surface area contributed by atoms with Gasteiger partial charge in [0.2, 0.25) is 10.0 Å². The number of sulfonamides is 1. The Morgan fingerprint density at radius 1 is 0.966 bits per heavy atom. The molecule has 0 spiro atoms. The van der Waals surface area contributed by atoms with Crippen molar-refractivity contribution in [3.8, 4) is 0 Å². The molecule has 29 heavy (non-hydrogen) atoms. The van der Waals surface area contributed by atoms with Crippen LogP contribution >= 0.6 is 0 Å². The smallest absolute Gasteiger partial charge is 0.408 e. The molecule has 4 rings (SSSR count). The first-order valence-corrected chi connectivity index (χ1v) is 9.94. The van der Waals surface area contributed by atoms with Crippen molar-refractivity contribution in [2.24, 2.45) is 0 Å². The minimum absolute atomic E-state index is 0.138. The Morgan fingerprint density at radius 3 is 2.41 bits per heavy atom. The third-order valence-electron chi connectivity index (χ3n) is 4.05. The highest BCUT2D eigenvalue weighted by Gasteiger charge is 2.11. The fourth-order valence-electron chi connectivity index (χ4n) is 2.67. The fourth-order valence-corrected chi connectivity index (χ4v) is 3.45. The van der Waals surface area contributed by atoms with Gasteiger partial charge in [-0.3, -0.25) is 4.98 Å². The van der Waals surface area contributed by atoms with Crippen LogP contribution < -0.4 is 21.1 Å². The van der Waals surface area contributed by atoms with E-state index in [9.17, 15) is 13.2 Å². The third-order valence-corrected chi connectivity index (χ3v) is 5.46. The number of fused-ring (bicyclic) bond motifs is 1. The monoisotopic (exact) mass is 412 g/mol. The van der Waals surface area contributed by atoms with Gasteiger partial charge in [-0.1, -0.05) is 6.07 Å². The second-order valence-electron chi connectivity index (χ2n) is 6.00. The summed E-state index contributed by atoms with van der Waals surface area (Å²) in [5.41, 5.74) is 2.26. The van der Waals surface area contributed by atoms with E-state index in [2.05, 4.69) is 30.3 Å². The van der Waals surface area contributed by atoms with Gasteiger partial charge in [-0.15, -0.1) is 0 Å². The first-order valence-electron chi connectivity index (χ1n) is 8.45. The average Bonchev–Trinajstić information content (AvgIpc) is 3.08. The van der Waals surface area contributed by atoms with Crippen molar-refractivity contribution in [1.29, 1.82) is 0 Å². The van der Waals surface area contributed by atoms with Crippen LogP contribution in [0.4, 0.5) is 23.0 Å². The minimum atomic E-state index is -3.55. The standard InChI is InChI=1S/C18H16N6O4S/c1-19-29(26,27)13-4-2-3-11(7-13)22-16-9-17(21-10-20-16)23-12-5-6-14-15(8-12)28-18(25)24-14/h2-10,19H,1H3,(H,24,25)(H2,20,21,22,23). The third kappa shape index (κ3) is 4.10. The van der Waals surface area contributed by atoms with E-state index in [1.807, 2.05) is 0 Å². The number of oxazole rings is 1. The number of nitrogens with zero attached hydrogens (tertiary/aromatic N) is 2. The quantitative estimate of drug-likeness (QED) is 0.378. The Hall–Kier alpha value is -3.70. The Morgan fingerprint density at radius 2 is 1.69 bits per heavy atom. The SMILES string of the molecule is CNS(=O)(=O)c1cccc(Nc2cc(Nc3ccc4[nH]c(=O)oc4c3)ncn2)c1. The normalized spacial score (nSPS) is 11.5. The predicted octanol–water partition coefficient (Wildman–Crippen LogP) is 2.31. The molecule has 0 amide bonds. The van der Waals surface area contributed by atoms with Gasteiger partial charge >= 0.3 is 5.76 Å². The second kappa shape index (κ2) is 7.37. The van der Waals surface area contributed by atoms with E-state index in [1.165, 1.54) is 25.5 Å². The molecule has 11 heteroatoms. The fraction of sp³-hybridized carbons (Fsp3) is 0.0556. The number of aromatic nitrogens is 3. The molecular weight excluding hydrogens is 396 g/mol. The number of aromatic amines is 1. The Labute approximate surface area is 165 Å². The van der Waals surface area contributed by atoms with Crippen molar-refractivity contribution in [1.82, 2.24) is 19.7 Å². The highest BCUT2D eigenvalue weighted by molar-refractivity contribution is 7.89. The molecule has 0 aliphatic carbocycles. The van der Waals surface area contributed by atoms with Gasteiger partial charge in [0.15, 0.2) is 5.58 Å². The maximum atomic E-state index is 12.0. The molecule has 4 N–H and O–H groups in total. The van der Waals surface area contributed by atoms with Crippen molar-refractivity contribution < 1.29 is 12.8 Å². The zero-order valence-corrected chi connectivity index (χ0v) is 15.9. The topological polar surface area (TPSA) is 142 Å². The zero-order chi connectivity index (χ0) is 20.4. The molecule has 0 atom stereocenters. The molecule has 4 aromatic rings. The van der Waals surface area contributed by atoms with E-state index in [0.29, 0.717) is 34.1 Å². The molecule has 2 aromatic carbocycles. The minimum Gasteiger partial charge on any atom is -0.408 e. The summed E-state index contributed by atoms with van der Waals surface area (Å²) < 4.78 is 31.2. The summed E-state index contributed by atoms with van der Waals surface area (Å²) in [6, 6.07) is 13.2. The Kier molecular flexibility index (Phi) is 4.74. The Bertz CT molecular complexity index is 1350. The van der Waals surface area contributed by atoms with Crippen LogP contribution in [0.1, 0.15) is 0 Å². The van der Waals surface area contributed by atoms with Crippen molar-refractivity contribution >= 4 is 44.1 Å². The lowest BCUT2D eigenvalue weighted by Gasteiger charge is -2.10. The summed E-state index contributed by atoms with van der Waals surface area (Å²) in [6.45, 7) is 0. The molecule has 148 valence electrons. The van der Waals surface area contributed by atoms with Gasteiger partial charge in [0, 0.05) is 23.5 Å². The molecule has 0 aliphatic heterocycles. The van der Waals surface area contributed by atoms with E-state index >= 15 is 0 Å². The first kappa shape index (κ1) is 18.7. The van der Waals surface area contributed by atoms with E-state index in [0.717, 1.165) is 0 Å². The molecule has 0 saturated carbocycles. The van der Waals surface area contributed by atoms with Gasteiger partial charge in [0.25, 0.3) is 0 Å². The molecule has 0 bridgehead atoms. The molecular formula is C18H16N6O4S. The molecule has 2 heterocycles. The van der Waals surface area contributed by atoms with Gasteiger partial charge < -0.3 is 15.1 Å². The molecule has 10 nitrogen and oxygen atoms in total. The lowest BCUT2D eigenvalue weighted by molar-refractivity contribution is 0.555. The summed E-state index contributed by atoms with van der Waals surface area (Å²) in [6.07, 6.45) is 1.37. The predicted molar refractivity (Wildman–Crippen MR) is 108 cm³/mol. The molecule has 2 aromatic heterocycles. The summed E-state index contributed by atoms with van der Waals surface area (Å²) in [4.78, 5) is 22.3. The largest absolute Gasteiger partial charge is 0.417 e. The zero-order valence-electron chi connectivity index (χ0n) is 15.1. The summed E-state index contributed by atoms with van der Waals surface area (Å²) in [5.74, 6) is 0.447. The number of rotatable bonds is 6. The van der Waals surface area contributed by atoms with Crippen LogP contribution in [0.2, 0.25) is 0 Å². The van der Waals surface area contributed by atoms with E-state index in [-0.39, 0.29) is 4.90 Å². The van der Waals surface area contributed by atoms with Gasteiger partial charge in [-0.25, -0.2) is 27.9 Å².